The summed E-state index contributed by atoms with van der Waals surface area (Å²) >= 11 is 0. The number of ether oxygens (including phenoxy) is 8. The van der Waals surface area contributed by atoms with Crippen LogP contribution in [0.1, 0.15) is 73.9 Å². The van der Waals surface area contributed by atoms with E-state index in [9.17, 15) is 0 Å². The maximum Gasteiger partial charge on any atom is 0.161 e. The summed E-state index contributed by atoms with van der Waals surface area (Å²) in [4.78, 5) is 0. The monoisotopic (exact) mass is 572 g/mol. The van der Waals surface area contributed by atoms with E-state index in [1.165, 1.54) is 22.3 Å². The first-order chi connectivity index (χ1) is 19.6. The molecular formula is C33H48O8. The van der Waals surface area contributed by atoms with Gasteiger partial charge in [-0.3, -0.25) is 0 Å². The maximum atomic E-state index is 6.25. The second-order valence-corrected chi connectivity index (χ2v) is 12.4. The average Bonchev–Trinajstić information content (AvgIpc) is 3.28. The zero-order valence-corrected chi connectivity index (χ0v) is 26.1. The summed E-state index contributed by atoms with van der Waals surface area (Å²) < 4.78 is 44.9. The summed E-state index contributed by atoms with van der Waals surface area (Å²) in [6.45, 7) is 12.7. The molecule has 8 heteroatoms. The van der Waals surface area contributed by atoms with Crippen LogP contribution in [0.3, 0.4) is 0 Å². The van der Waals surface area contributed by atoms with Crippen molar-refractivity contribution in [1.29, 1.82) is 0 Å². The molecule has 0 amide bonds. The largest absolute Gasteiger partial charge is 0.487 e. The Bertz CT molecular complexity index is 1080. The van der Waals surface area contributed by atoms with Crippen molar-refractivity contribution in [2.24, 2.45) is 0 Å². The number of methoxy groups -OCH3 is 4. The van der Waals surface area contributed by atoms with Gasteiger partial charge in [0.05, 0.1) is 26.4 Å². The Morgan fingerprint density at radius 3 is 1.41 bits per heavy atom. The summed E-state index contributed by atoms with van der Waals surface area (Å²) in [5, 5.41) is 0. The van der Waals surface area contributed by atoms with Crippen LogP contribution in [0.15, 0.2) is 24.3 Å². The van der Waals surface area contributed by atoms with Gasteiger partial charge in [-0.2, -0.15) is 0 Å². The first-order valence-electron chi connectivity index (χ1n) is 14.4. The van der Waals surface area contributed by atoms with Crippen molar-refractivity contribution < 1.29 is 37.9 Å². The fraction of sp³-hybridized carbons (Fsp3) is 0.636. The minimum absolute atomic E-state index is 0.0420. The minimum atomic E-state index is -0.177. The summed E-state index contributed by atoms with van der Waals surface area (Å²) in [7, 11) is 6.64. The quantitative estimate of drug-likeness (QED) is 0.189. The van der Waals surface area contributed by atoms with Gasteiger partial charge in [0.25, 0.3) is 0 Å². The molecule has 1 unspecified atom stereocenters. The topological polar surface area (TPSA) is 73.8 Å². The van der Waals surface area contributed by atoms with Crippen molar-refractivity contribution in [2.75, 3.05) is 68.5 Å². The molecule has 0 aliphatic heterocycles. The Morgan fingerprint density at radius 2 is 0.951 bits per heavy atom. The minimum Gasteiger partial charge on any atom is -0.487 e. The van der Waals surface area contributed by atoms with Crippen molar-refractivity contribution in [3.63, 3.8) is 0 Å². The number of fused-ring (bicyclic) bond motifs is 4. The van der Waals surface area contributed by atoms with Gasteiger partial charge in [-0.25, -0.2) is 0 Å². The van der Waals surface area contributed by atoms with Crippen molar-refractivity contribution >= 4 is 0 Å². The maximum absolute atomic E-state index is 6.25. The summed E-state index contributed by atoms with van der Waals surface area (Å²) in [6, 6.07) is 9.10. The van der Waals surface area contributed by atoms with Crippen LogP contribution in [-0.4, -0.2) is 68.5 Å². The summed E-state index contributed by atoms with van der Waals surface area (Å²) in [6.07, 6.45) is 1.98. The third-order valence-electron chi connectivity index (χ3n) is 8.41. The number of rotatable bonds is 16. The second-order valence-electron chi connectivity index (χ2n) is 12.4. The Kier molecular flexibility index (Phi) is 10.4. The molecule has 2 aromatic rings. The lowest BCUT2D eigenvalue weighted by Gasteiger charge is -2.31. The zero-order chi connectivity index (χ0) is 29.7. The summed E-state index contributed by atoms with van der Waals surface area (Å²) in [5.74, 6) is 1.49. The molecule has 4 rings (SSSR count). The molecule has 0 bridgehead atoms. The van der Waals surface area contributed by atoms with E-state index in [1.54, 1.807) is 28.4 Å². The molecule has 2 aromatic carbocycles. The molecule has 228 valence electrons. The van der Waals surface area contributed by atoms with E-state index in [2.05, 4.69) is 52.0 Å². The van der Waals surface area contributed by atoms with Gasteiger partial charge in [-0.05, 0) is 69.2 Å². The molecule has 0 saturated heterocycles. The normalized spacial score (nSPS) is 19.9. The average molecular weight is 573 g/mol. The van der Waals surface area contributed by atoms with E-state index in [0.29, 0.717) is 39.6 Å². The molecule has 2 aliphatic rings. The van der Waals surface area contributed by atoms with Gasteiger partial charge in [-0.1, -0.05) is 39.8 Å². The van der Waals surface area contributed by atoms with Gasteiger partial charge in [-0.15, -0.1) is 0 Å². The third kappa shape index (κ3) is 6.58. The Labute approximate surface area is 245 Å². The molecule has 0 N–H and O–H groups in total. The van der Waals surface area contributed by atoms with Gasteiger partial charge >= 0.3 is 0 Å². The highest BCUT2D eigenvalue weighted by Crippen LogP contribution is 2.64. The van der Waals surface area contributed by atoms with Crippen LogP contribution < -0.4 is 9.47 Å². The lowest BCUT2D eigenvalue weighted by atomic mass is 9.72. The van der Waals surface area contributed by atoms with Crippen molar-refractivity contribution in [1.82, 2.24) is 0 Å². The van der Waals surface area contributed by atoms with Crippen LogP contribution in [0, 0.1) is 0 Å². The molecule has 8 nitrogen and oxygen atoms in total. The van der Waals surface area contributed by atoms with Crippen molar-refractivity contribution in [3.8, 4) is 11.5 Å². The molecule has 1 atom stereocenters. The van der Waals surface area contributed by atoms with E-state index in [0.717, 1.165) is 35.5 Å². The Morgan fingerprint density at radius 1 is 0.537 bits per heavy atom. The van der Waals surface area contributed by atoms with Gasteiger partial charge in [0.1, 0.15) is 26.8 Å². The van der Waals surface area contributed by atoms with Crippen LogP contribution >= 0.6 is 0 Å². The SMILES string of the molecule is COCCOc1cc2c(cc1OCCOC)C1(CC(C)(C)c3cc(COCOC)c(COCOC)cc31)CC2(C)C. The molecule has 0 aromatic heterocycles. The van der Waals surface area contributed by atoms with Gasteiger partial charge in [0.15, 0.2) is 11.5 Å². The van der Waals surface area contributed by atoms with Crippen molar-refractivity contribution in [3.05, 3.63) is 57.6 Å². The standard InChI is InChI=1S/C33H48O8/c1-31(2)19-33(27-14-24(18-39-22-37-8)23(13-25(27)31)17-38-21-36-7)20-32(3,4)26-15-29(40-11-9-34-5)30(16-28(26)33)41-12-10-35-6/h13-16H,9-12,17-22H2,1-8H3. The van der Waals surface area contributed by atoms with Crippen molar-refractivity contribution in [2.45, 2.75) is 70.0 Å². The van der Waals surface area contributed by atoms with Gasteiger partial charge in [0, 0.05) is 33.9 Å². The van der Waals surface area contributed by atoms with E-state index in [4.69, 9.17) is 37.9 Å². The fourth-order valence-corrected chi connectivity index (χ4v) is 6.88. The van der Waals surface area contributed by atoms with E-state index < -0.39 is 0 Å². The lowest BCUT2D eigenvalue weighted by molar-refractivity contribution is -0.0456. The molecule has 0 saturated carbocycles. The molecule has 2 aliphatic carbocycles. The van der Waals surface area contributed by atoms with Crippen LogP contribution in [-0.2, 0) is 57.9 Å². The van der Waals surface area contributed by atoms with Crippen LogP contribution in [0.5, 0.6) is 11.5 Å². The highest BCUT2D eigenvalue weighted by molar-refractivity contribution is 5.64. The molecule has 0 heterocycles. The second kappa shape index (κ2) is 13.4. The van der Waals surface area contributed by atoms with Crippen LogP contribution in [0.2, 0.25) is 0 Å². The Balaban J connectivity index is 1.85. The number of hydrogen-bond donors (Lipinski definition) is 0. The lowest BCUT2D eigenvalue weighted by Crippen LogP contribution is -2.27. The van der Waals surface area contributed by atoms with E-state index in [-0.39, 0.29) is 29.8 Å². The van der Waals surface area contributed by atoms with E-state index in [1.807, 2.05) is 0 Å². The Hall–Kier alpha value is -2.20. The molecule has 0 radical (unpaired) electrons. The molecule has 0 fully saturated rings. The van der Waals surface area contributed by atoms with E-state index >= 15 is 0 Å². The van der Waals surface area contributed by atoms with Gasteiger partial charge in [0.2, 0.25) is 0 Å². The first kappa shape index (κ1) is 31.7. The first-order valence-corrected chi connectivity index (χ1v) is 14.4. The van der Waals surface area contributed by atoms with Crippen LogP contribution in [0.4, 0.5) is 0 Å². The van der Waals surface area contributed by atoms with Gasteiger partial charge < -0.3 is 37.9 Å². The molecule has 1 spiro atoms. The third-order valence-corrected chi connectivity index (χ3v) is 8.41. The van der Waals surface area contributed by atoms with Crippen LogP contribution in [0.25, 0.3) is 0 Å². The predicted molar refractivity (Wildman–Crippen MR) is 157 cm³/mol. The highest BCUT2D eigenvalue weighted by Gasteiger charge is 2.56. The number of hydrogen-bond acceptors (Lipinski definition) is 8. The predicted octanol–water partition coefficient (Wildman–Crippen LogP) is 5.63. The molecule has 41 heavy (non-hydrogen) atoms. The number of benzene rings is 2. The fourth-order valence-electron chi connectivity index (χ4n) is 6.88. The zero-order valence-electron chi connectivity index (χ0n) is 26.1. The smallest absolute Gasteiger partial charge is 0.161 e. The summed E-state index contributed by atoms with van der Waals surface area (Å²) in [5.41, 5.74) is 7.27. The highest BCUT2D eigenvalue weighted by atomic mass is 16.7. The molecular weight excluding hydrogens is 524 g/mol.